The summed E-state index contributed by atoms with van der Waals surface area (Å²) < 4.78 is 14.2. The molecule has 2 heterocycles. The predicted molar refractivity (Wildman–Crippen MR) is 121 cm³/mol. The SMILES string of the molecule is CCNC(=O)[C@]1(Cc2cccc(-c3ccncc3)c2)CCN(C(=O)c2ccccc2F)C1. The van der Waals surface area contributed by atoms with E-state index in [-0.39, 0.29) is 23.9 Å². The van der Waals surface area contributed by atoms with Gasteiger partial charge in [0.2, 0.25) is 5.91 Å². The van der Waals surface area contributed by atoms with E-state index >= 15 is 0 Å². The number of aromatic nitrogens is 1. The molecule has 0 saturated carbocycles. The molecule has 2 aromatic carbocycles. The van der Waals surface area contributed by atoms with E-state index in [1.54, 1.807) is 29.4 Å². The van der Waals surface area contributed by atoms with Crippen molar-refractivity contribution < 1.29 is 14.0 Å². The van der Waals surface area contributed by atoms with Gasteiger partial charge in [-0.2, -0.15) is 0 Å². The minimum absolute atomic E-state index is 0.0406. The van der Waals surface area contributed by atoms with E-state index in [4.69, 9.17) is 0 Å². The van der Waals surface area contributed by atoms with Crippen LogP contribution < -0.4 is 5.32 Å². The molecule has 1 N–H and O–H groups in total. The number of halogens is 1. The summed E-state index contributed by atoms with van der Waals surface area (Å²) in [5, 5.41) is 2.95. The highest BCUT2D eigenvalue weighted by Gasteiger charge is 2.46. The van der Waals surface area contributed by atoms with Crippen molar-refractivity contribution in [2.75, 3.05) is 19.6 Å². The van der Waals surface area contributed by atoms with Gasteiger partial charge in [-0.15, -0.1) is 0 Å². The van der Waals surface area contributed by atoms with Crippen LogP contribution in [-0.2, 0) is 11.2 Å². The molecule has 1 aliphatic heterocycles. The lowest BCUT2D eigenvalue weighted by Gasteiger charge is -2.28. The maximum absolute atomic E-state index is 14.2. The van der Waals surface area contributed by atoms with Gasteiger partial charge in [-0.3, -0.25) is 14.6 Å². The van der Waals surface area contributed by atoms with Crippen molar-refractivity contribution in [3.63, 3.8) is 0 Å². The zero-order chi connectivity index (χ0) is 22.6. The third-order valence-corrected chi connectivity index (χ3v) is 6.05. The second kappa shape index (κ2) is 9.30. The maximum Gasteiger partial charge on any atom is 0.256 e. The predicted octanol–water partition coefficient (Wildman–Crippen LogP) is 4.10. The van der Waals surface area contributed by atoms with Crippen LogP contribution in [0.3, 0.4) is 0 Å². The average molecular weight is 432 g/mol. The molecular formula is C26H26FN3O2. The molecule has 0 bridgehead atoms. The monoisotopic (exact) mass is 431 g/mol. The summed E-state index contributed by atoms with van der Waals surface area (Å²) in [7, 11) is 0. The summed E-state index contributed by atoms with van der Waals surface area (Å²) in [5.74, 6) is -0.990. The molecule has 0 aliphatic carbocycles. The first-order chi connectivity index (χ1) is 15.5. The molecule has 1 atom stereocenters. The Morgan fingerprint density at radius 3 is 2.59 bits per heavy atom. The van der Waals surface area contributed by atoms with Gasteiger partial charge in [0.25, 0.3) is 5.91 Å². The number of nitrogens with one attached hydrogen (secondary N) is 1. The number of nitrogens with zero attached hydrogens (tertiary/aromatic N) is 2. The van der Waals surface area contributed by atoms with Crippen LogP contribution in [0.15, 0.2) is 73.1 Å². The standard InChI is InChI=1S/C26H26FN3O2/c1-2-29-25(32)26(12-15-30(18-26)24(31)22-8-3-4-9-23(22)27)17-19-6-5-7-21(16-19)20-10-13-28-14-11-20/h3-11,13-14,16H,2,12,15,17-18H2,1H3,(H,29,32)/t26-/m0/s1. The van der Waals surface area contributed by atoms with Gasteiger partial charge in [0, 0.05) is 32.0 Å². The van der Waals surface area contributed by atoms with E-state index in [2.05, 4.69) is 16.4 Å². The summed E-state index contributed by atoms with van der Waals surface area (Å²) in [6, 6.07) is 18.0. The van der Waals surface area contributed by atoms with Crippen molar-refractivity contribution in [3.8, 4) is 11.1 Å². The molecule has 164 valence electrons. The highest BCUT2D eigenvalue weighted by atomic mass is 19.1. The van der Waals surface area contributed by atoms with Crippen molar-refractivity contribution in [1.82, 2.24) is 15.2 Å². The largest absolute Gasteiger partial charge is 0.356 e. The molecule has 0 unspecified atom stereocenters. The second-order valence-corrected chi connectivity index (χ2v) is 8.21. The fraction of sp³-hybridized carbons (Fsp3) is 0.269. The first-order valence-corrected chi connectivity index (χ1v) is 10.8. The van der Waals surface area contributed by atoms with Crippen LogP contribution in [0.5, 0.6) is 0 Å². The Bertz CT molecular complexity index is 1120. The van der Waals surface area contributed by atoms with Crippen LogP contribution in [0, 0.1) is 11.2 Å². The Morgan fingerprint density at radius 1 is 1.06 bits per heavy atom. The molecule has 0 spiro atoms. The van der Waals surface area contributed by atoms with Gasteiger partial charge < -0.3 is 10.2 Å². The topological polar surface area (TPSA) is 62.3 Å². The van der Waals surface area contributed by atoms with Crippen molar-refractivity contribution >= 4 is 11.8 Å². The summed E-state index contributed by atoms with van der Waals surface area (Å²) in [6.45, 7) is 3.06. The van der Waals surface area contributed by atoms with Crippen LogP contribution >= 0.6 is 0 Å². The van der Waals surface area contributed by atoms with Gasteiger partial charge >= 0.3 is 0 Å². The number of carbonyl (C=O) groups excluding carboxylic acids is 2. The van der Waals surface area contributed by atoms with E-state index in [1.807, 2.05) is 37.3 Å². The van der Waals surface area contributed by atoms with E-state index in [1.165, 1.54) is 12.1 Å². The smallest absolute Gasteiger partial charge is 0.256 e. The highest BCUT2D eigenvalue weighted by molar-refractivity contribution is 5.95. The van der Waals surface area contributed by atoms with E-state index in [0.29, 0.717) is 25.9 Å². The Labute approximate surface area is 187 Å². The van der Waals surface area contributed by atoms with Gasteiger partial charge in [-0.1, -0.05) is 36.4 Å². The molecule has 5 nitrogen and oxygen atoms in total. The van der Waals surface area contributed by atoms with Gasteiger partial charge in [-0.05, 0) is 60.7 Å². The van der Waals surface area contributed by atoms with Crippen molar-refractivity contribution in [2.24, 2.45) is 5.41 Å². The Morgan fingerprint density at radius 2 is 1.84 bits per heavy atom. The molecule has 1 aromatic heterocycles. The van der Waals surface area contributed by atoms with Crippen molar-refractivity contribution in [1.29, 1.82) is 0 Å². The summed E-state index contributed by atoms with van der Waals surface area (Å²) in [5.41, 5.74) is 2.41. The Kier molecular flexibility index (Phi) is 6.30. The van der Waals surface area contributed by atoms with Crippen LogP contribution in [0.25, 0.3) is 11.1 Å². The molecule has 32 heavy (non-hydrogen) atoms. The maximum atomic E-state index is 14.2. The van der Waals surface area contributed by atoms with E-state index in [0.717, 1.165) is 16.7 Å². The molecule has 2 amide bonds. The second-order valence-electron chi connectivity index (χ2n) is 8.21. The molecule has 1 fully saturated rings. The zero-order valence-electron chi connectivity index (χ0n) is 18.1. The molecule has 4 rings (SSSR count). The number of hydrogen-bond acceptors (Lipinski definition) is 3. The van der Waals surface area contributed by atoms with E-state index in [9.17, 15) is 14.0 Å². The number of carbonyl (C=O) groups is 2. The van der Waals surface area contributed by atoms with Crippen LogP contribution in [0.2, 0.25) is 0 Å². The zero-order valence-corrected chi connectivity index (χ0v) is 18.1. The Hall–Kier alpha value is -3.54. The lowest BCUT2D eigenvalue weighted by molar-refractivity contribution is -0.130. The molecule has 3 aromatic rings. The summed E-state index contributed by atoms with van der Waals surface area (Å²) >= 11 is 0. The molecular weight excluding hydrogens is 405 g/mol. The number of benzene rings is 2. The molecule has 1 saturated heterocycles. The number of likely N-dealkylation sites (tertiary alicyclic amines) is 1. The molecule has 6 heteroatoms. The average Bonchev–Trinajstić information content (AvgIpc) is 3.25. The number of pyridine rings is 1. The quantitative estimate of drug-likeness (QED) is 0.639. The van der Waals surface area contributed by atoms with Gasteiger partial charge in [0.1, 0.15) is 5.82 Å². The lowest BCUT2D eigenvalue weighted by Crippen LogP contribution is -2.45. The normalized spacial score (nSPS) is 17.9. The molecule has 1 aliphatic rings. The number of hydrogen-bond donors (Lipinski definition) is 1. The third-order valence-electron chi connectivity index (χ3n) is 6.05. The Balaban J connectivity index is 1.61. The minimum atomic E-state index is -0.756. The van der Waals surface area contributed by atoms with Crippen LogP contribution in [0.1, 0.15) is 29.3 Å². The van der Waals surface area contributed by atoms with E-state index < -0.39 is 11.2 Å². The lowest BCUT2D eigenvalue weighted by atomic mass is 9.79. The van der Waals surface area contributed by atoms with Crippen molar-refractivity contribution in [2.45, 2.75) is 19.8 Å². The number of rotatable bonds is 6. The molecule has 0 radical (unpaired) electrons. The fourth-order valence-electron chi connectivity index (χ4n) is 4.40. The van der Waals surface area contributed by atoms with Crippen LogP contribution in [-0.4, -0.2) is 41.3 Å². The fourth-order valence-corrected chi connectivity index (χ4v) is 4.40. The first-order valence-electron chi connectivity index (χ1n) is 10.8. The van der Waals surface area contributed by atoms with Gasteiger partial charge in [0.05, 0.1) is 11.0 Å². The third kappa shape index (κ3) is 4.40. The summed E-state index contributed by atoms with van der Waals surface area (Å²) in [4.78, 5) is 31.8. The van der Waals surface area contributed by atoms with Crippen LogP contribution in [0.4, 0.5) is 4.39 Å². The first kappa shape index (κ1) is 21.7. The van der Waals surface area contributed by atoms with Gasteiger partial charge in [0.15, 0.2) is 0 Å². The minimum Gasteiger partial charge on any atom is -0.356 e. The van der Waals surface area contributed by atoms with Gasteiger partial charge in [-0.25, -0.2) is 4.39 Å². The number of amides is 2. The van der Waals surface area contributed by atoms with Crippen molar-refractivity contribution in [3.05, 3.63) is 90.0 Å². The highest BCUT2D eigenvalue weighted by Crippen LogP contribution is 2.36. The summed E-state index contributed by atoms with van der Waals surface area (Å²) in [6.07, 6.45) is 4.53.